The Morgan fingerprint density at radius 3 is 2.70 bits per heavy atom. The molecular weight excluding hydrogens is 257 g/mol. The molecule has 1 aromatic heterocycles. The van der Waals surface area contributed by atoms with Crippen LogP contribution >= 0.6 is 0 Å². The van der Waals surface area contributed by atoms with E-state index in [9.17, 15) is 9.18 Å². The van der Waals surface area contributed by atoms with E-state index in [0.29, 0.717) is 11.3 Å². The third-order valence-electron chi connectivity index (χ3n) is 3.06. The third-order valence-corrected chi connectivity index (χ3v) is 3.06. The maximum atomic E-state index is 13.7. The van der Waals surface area contributed by atoms with Crippen LogP contribution in [0.4, 0.5) is 15.8 Å². The van der Waals surface area contributed by atoms with Gasteiger partial charge in [-0.2, -0.15) is 0 Å². The van der Waals surface area contributed by atoms with E-state index < -0.39 is 5.82 Å². The molecular formula is C15H16FN3O. The lowest BCUT2D eigenvalue weighted by Crippen LogP contribution is -2.28. The Labute approximate surface area is 117 Å². The minimum absolute atomic E-state index is 0.236. The maximum Gasteiger partial charge on any atom is 0.261 e. The zero-order chi connectivity index (χ0) is 14.7. The normalized spacial score (nSPS) is 10.2. The number of halogens is 1. The molecule has 0 aliphatic heterocycles. The zero-order valence-corrected chi connectivity index (χ0v) is 11.6. The van der Waals surface area contributed by atoms with E-state index >= 15 is 0 Å². The lowest BCUT2D eigenvalue weighted by molar-refractivity contribution is 0.0992. The summed E-state index contributed by atoms with van der Waals surface area (Å²) in [4.78, 5) is 17.9. The predicted octanol–water partition coefficient (Wildman–Crippen LogP) is 2.85. The van der Waals surface area contributed by atoms with Crippen molar-refractivity contribution in [3.63, 3.8) is 0 Å². The van der Waals surface area contributed by atoms with E-state index in [1.165, 1.54) is 17.2 Å². The lowest BCUT2D eigenvalue weighted by Gasteiger charge is -2.19. The summed E-state index contributed by atoms with van der Waals surface area (Å²) in [5.41, 5.74) is 2.12. The van der Waals surface area contributed by atoms with Gasteiger partial charge in [-0.1, -0.05) is 12.1 Å². The second kappa shape index (κ2) is 5.69. The second-order valence-corrected chi connectivity index (χ2v) is 4.44. The first-order valence-corrected chi connectivity index (χ1v) is 6.21. The van der Waals surface area contributed by atoms with Gasteiger partial charge in [-0.3, -0.25) is 9.78 Å². The summed E-state index contributed by atoms with van der Waals surface area (Å²) in [6, 6.07) is 7.94. The van der Waals surface area contributed by atoms with Crippen LogP contribution in [-0.4, -0.2) is 25.0 Å². The molecule has 0 unspecified atom stereocenters. The summed E-state index contributed by atoms with van der Waals surface area (Å²) in [7, 11) is 3.27. The van der Waals surface area contributed by atoms with E-state index in [-0.39, 0.29) is 11.6 Å². The maximum absolute atomic E-state index is 13.7. The molecule has 0 spiro atoms. The summed E-state index contributed by atoms with van der Waals surface area (Å²) >= 11 is 0. The van der Waals surface area contributed by atoms with Crippen LogP contribution in [0.3, 0.4) is 0 Å². The molecule has 2 rings (SSSR count). The van der Waals surface area contributed by atoms with Crippen LogP contribution in [0.1, 0.15) is 16.1 Å². The van der Waals surface area contributed by atoms with Crippen molar-refractivity contribution in [2.24, 2.45) is 0 Å². The van der Waals surface area contributed by atoms with Crippen LogP contribution in [0.2, 0.25) is 0 Å². The molecule has 0 radical (unpaired) electrons. The highest BCUT2D eigenvalue weighted by Crippen LogP contribution is 2.22. The number of para-hydroxylation sites is 1. The van der Waals surface area contributed by atoms with Gasteiger partial charge in [0.15, 0.2) is 0 Å². The molecule has 1 amide bonds. The summed E-state index contributed by atoms with van der Waals surface area (Å²) in [6.45, 7) is 1.84. The molecule has 1 N–H and O–H groups in total. The van der Waals surface area contributed by atoms with Crippen LogP contribution in [0, 0.1) is 12.7 Å². The third kappa shape index (κ3) is 2.61. The van der Waals surface area contributed by atoms with Gasteiger partial charge in [-0.25, -0.2) is 4.39 Å². The molecule has 0 aliphatic carbocycles. The minimum Gasteiger partial charge on any atom is -0.387 e. The smallest absolute Gasteiger partial charge is 0.261 e. The molecule has 4 nitrogen and oxygen atoms in total. The number of pyridine rings is 1. The number of rotatable bonds is 3. The van der Waals surface area contributed by atoms with E-state index in [4.69, 9.17) is 0 Å². The number of hydrogen-bond donors (Lipinski definition) is 1. The Morgan fingerprint density at radius 2 is 2.05 bits per heavy atom. The number of aryl methyl sites for hydroxylation is 1. The van der Waals surface area contributed by atoms with Crippen molar-refractivity contribution >= 4 is 17.3 Å². The van der Waals surface area contributed by atoms with E-state index in [1.807, 2.05) is 6.92 Å². The number of carbonyl (C=O) groups excluding carboxylic acids is 1. The minimum atomic E-state index is -0.436. The number of carbonyl (C=O) groups is 1. The molecule has 0 bridgehead atoms. The predicted molar refractivity (Wildman–Crippen MR) is 77.7 cm³/mol. The Kier molecular flexibility index (Phi) is 3.98. The molecule has 0 saturated carbocycles. The van der Waals surface area contributed by atoms with Gasteiger partial charge in [0.1, 0.15) is 5.82 Å². The Balaban J connectivity index is 2.39. The van der Waals surface area contributed by atoms with Crippen molar-refractivity contribution in [3.05, 3.63) is 53.6 Å². The molecule has 1 aromatic carbocycles. The largest absolute Gasteiger partial charge is 0.387 e. The van der Waals surface area contributed by atoms with Crippen molar-refractivity contribution in [3.8, 4) is 0 Å². The molecule has 2 aromatic rings. The van der Waals surface area contributed by atoms with Crippen LogP contribution in [-0.2, 0) is 0 Å². The Bertz CT molecular complexity index is 643. The molecule has 0 saturated heterocycles. The summed E-state index contributed by atoms with van der Waals surface area (Å²) in [5, 5.41) is 2.96. The molecule has 20 heavy (non-hydrogen) atoms. The van der Waals surface area contributed by atoms with E-state index in [0.717, 1.165) is 5.69 Å². The van der Waals surface area contributed by atoms with Crippen LogP contribution in [0.15, 0.2) is 36.5 Å². The number of nitrogens with one attached hydrogen (secondary N) is 1. The average Bonchev–Trinajstić information content (AvgIpc) is 2.46. The van der Waals surface area contributed by atoms with Gasteiger partial charge in [0, 0.05) is 26.0 Å². The van der Waals surface area contributed by atoms with Gasteiger partial charge in [0.25, 0.3) is 5.91 Å². The van der Waals surface area contributed by atoms with E-state index in [2.05, 4.69) is 10.3 Å². The molecule has 1 heterocycles. The first-order valence-electron chi connectivity index (χ1n) is 6.21. The highest BCUT2D eigenvalue weighted by molar-refractivity contribution is 6.09. The van der Waals surface area contributed by atoms with Gasteiger partial charge in [-0.15, -0.1) is 0 Å². The fraction of sp³-hybridized carbons (Fsp3) is 0.200. The first kappa shape index (κ1) is 14.0. The average molecular weight is 273 g/mol. The number of anilines is 2. The first-order chi connectivity index (χ1) is 9.54. The monoisotopic (exact) mass is 273 g/mol. The lowest BCUT2D eigenvalue weighted by atomic mass is 10.1. The van der Waals surface area contributed by atoms with Crippen molar-refractivity contribution in [2.75, 3.05) is 24.3 Å². The quantitative estimate of drug-likeness (QED) is 0.935. The fourth-order valence-electron chi connectivity index (χ4n) is 1.95. The Morgan fingerprint density at radius 1 is 1.35 bits per heavy atom. The van der Waals surface area contributed by atoms with Gasteiger partial charge < -0.3 is 10.2 Å². The molecule has 0 atom stereocenters. The molecule has 5 heteroatoms. The highest BCUT2D eigenvalue weighted by Gasteiger charge is 2.19. The van der Waals surface area contributed by atoms with Crippen molar-refractivity contribution < 1.29 is 9.18 Å². The summed E-state index contributed by atoms with van der Waals surface area (Å²) < 4.78 is 13.7. The number of hydrogen-bond acceptors (Lipinski definition) is 3. The van der Waals surface area contributed by atoms with Gasteiger partial charge in [-0.05, 0) is 25.1 Å². The number of benzene rings is 1. The molecule has 0 fully saturated rings. The number of nitrogens with zero attached hydrogens (tertiary/aromatic N) is 2. The summed E-state index contributed by atoms with van der Waals surface area (Å²) in [5.74, 6) is -0.749. The van der Waals surface area contributed by atoms with Crippen LogP contribution < -0.4 is 10.2 Å². The van der Waals surface area contributed by atoms with Gasteiger partial charge in [0.2, 0.25) is 0 Å². The van der Waals surface area contributed by atoms with Crippen LogP contribution in [0.25, 0.3) is 0 Å². The van der Waals surface area contributed by atoms with Crippen LogP contribution in [0.5, 0.6) is 0 Å². The zero-order valence-electron chi connectivity index (χ0n) is 11.6. The van der Waals surface area contributed by atoms with Crippen molar-refractivity contribution in [1.82, 2.24) is 4.98 Å². The Hall–Kier alpha value is -2.43. The van der Waals surface area contributed by atoms with Gasteiger partial charge in [0.05, 0.1) is 16.9 Å². The van der Waals surface area contributed by atoms with E-state index in [1.54, 1.807) is 38.4 Å². The highest BCUT2D eigenvalue weighted by atomic mass is 19.1. The van der Waals surface area contributed by atoms with Crippen molar-refractivity contribution in [2.45, 2.75) is 6.92 Å². The van der Waals surface area contributed by atoms with Crippen molar-refractivity contribution in [1.29, 1.82) is 0 Å². The molecule has 104 valence electrons. The second-order valence-electron chi connectivity index (χ2n) is 4.44. The molecule has 0 aliphatic rings. The number of aromatic nitrogens is 1. The standard InChI is InChI=1S/C15H16FN3O/c1-10-8-13(17-2)11(9-18-10)15(20)19(3)14-7-5-4-6-12(14)16/h4-9H,1-3H3,(H,17,18). The van der Waals surface area contributed by atoms with Gasteiger partial charge >= 0.3 is 0 Å². The summed E-state index contributed by atoms with van der Waals surface area (Å²) in [6.07, 6.45) is 1.50. The number of amides is 1. The SMILES string of the molecule is CNc1cc(C)ncc1C(=O)N(C)c1ccccc1F. The topological polar surface area (TPSA) is 45.2 Å². The fourth-order valence-corrected chi connectivity index (χ4v) is 1.95.